The lowest BCUT2D eigenvalue weighted by molar-refractivity contribution is -0.134. The Labute approximate surface area is 167 Å². The van der Waals surface area contributed by atoms with Crippen LogP contribution in [0.15, 0.2) is 29.2 Å². The maximum atomic E-state index is 12.7. The molecule has 0 spiro atoms. The zero-order chi connectivity index (χ0) is 20.3. The van der Waals surface area contributed by atoms with Crippen LogP contribution in [-0.4, -0.2) is 61.7 Å². The lowest BCUT2D eigenvalue weighted by atomic mass is 10.2. The molecule has 1 aromatic carbocycles. The fourth-order valence-corrected chi connectivity index (χ4v) is 4.88. The number of hydrogen-bond donors (Lipinski definition) is 1. The highest BCUT2D eigenvalue weighted by atomic mass is 32.2. The molecule has 154 valence electrons. The predicted molar refractivity (Wildman–Crippen MR) is 106 cm³/mol. The van der Waals surface area contributed by atoms with Crippen molar-refractivity contribution in [2.24, 2.45) is 5.92 Å². The zero-order valence-corrected chi connectivity index (χ0v) is 17.4. The van der Waals surface area contributed by atoms with Gasteiger partial charge in [-0.25, -0.2) is 8.42 Å². The number of hydrogen-bond acceptors (Lipinski definition) is 4. The van der Waals surface area contributed by atoms with Crippen molar-refractivity contribution >= 4 is 21.8 Å². The SMILES string of the molecule is Cc1ccc(S(=O)(=O)N2CCN(C(=O)CCC(=O)N[C@H](C)C3CC3)CC2)cc1. The van der Waals surface area contributed by atoms with E-state index in [1.165, 1.54) is 4.31 Å². The fraction of sp³-hybridized carbons (Fsp3) is 0.600. The number of carbonyl (C=O) groups is 2. The minimum atomic E-state index is -3.54. The van der Waals surface area contributed by atoms with Gasteiger partial charge in [-0.2, -0.15) is 4.31 Å². The van der Waals surface area contributed by atoms with Gasteiger partial charge >= 0.3 is 0 Å². The zero-order valence-electron chi connectivity index (χ0n) is 16.6. The van der Waals surface area contributed by atoms with E-state index < -0.39 is 10.0 Å². The van der Waals surface area contributed by atoms with E-state index in [9.17, 15) is 18.0 Å². The molecule has 1 heterocycles. The third-order valence-corrected chi connectivity index (χ3v) is 7.45. The van der Waals surface area contributed by atoms with E-state index in [0.29, 0.717) is 19.0 Å². The van der Waals surface area contributed by atoms with Gasteiger partial charge in [0.05, 0.1) is 4.90 Å². The van der Waals surface area contributed by atoms with Gasteiger partial charge in [-0.1, -0.05) is 17.7 Å². The molecule has 0 unspecified atom stereocenters. The molecule has 1 aromatic rings. The number of rotatable bonds is 7. The summed E-state index contributed by atoms with van der Waals surface area (Å²) in [5, 5.41) is 2.95. The third kappa shape index (κ3) is 5.11. The quantitative estimate of drug-likeness (QED) is 0.743. The molecular weight excluding hydrogens is 378 g/mol. The van der Waals surface area contributed by atoms with Crippen molar-refractivity contribution in [3.05, 3.63) is 29.8 Å². The first-order chi connectivity index (χ1) is 13.3. The van der Waals surface area contributed by atoms with Crippen LogP contribution in [0.1, 0.15) is 38.2 Å². The molecule has 0 bridgehead atoms. The van der Waals surface area contributed by atoms with E-state index in [2.05, 4.69) is 5.32 Å². The van der Waals surface area contributed by atoms with Crippen molar-refractivity contribution in [3.63, 3.8) is 0 Å². The summed E-state index contributed by atoms with van der Waals surface area (Å²) in [4.78, 5) is 26.3. The van der Waals surface area contributed by atoms with Gasteiger partial charge in [0.25, 0.3) is 0 Å². The predicted octanol–water partition coefficient (Wildman–Crippen LogP) is 1.52. The first-order valence-corrected chi connectivity index (χ1v) is 11.4. The lowest BCUT2D eigenvalue weighted by Gasteiger charge is -2.34. The molecule has 3 rings (SSSR count). The van der Waals surface area contributed by atoms with Crippen molar-refractivity contribution in [2.75, 3.05) is 26.2 Å². The maximum Gasteiger partial charge on any atom is 0.243 e. The Morgan fingerprint density at radius 2 is 1.68 bits per heavy atom. The Kier molecular flexibility index (Phi) is 6.40. The Hall–Kier alpha value is -1.93. The molecule has 1 saturated carbocycles. The van der Waals surface area contributed by atoms with Crippen LogP contribution in [0.25, 0.3) is 0 Å². The largest absolute Gasteiger partial charge is 0.353 e. The molecule has 8 heteroatoms. The first-order valence-electron chi connectivity index (χ1n) is 9.91. The van der Waals surface area contributed by atoms with Crippen molar-refractivity contribution < 1.29 is 18.0 Å². The Morgan fingerprint density at radius 3 is 2.25 bits per heavy atom. The second-order valence-electron chi connectivity index (χ2n) is 7.79. The van der Waals surface area contributed by atoms with Crippen LogP contribution >= 0.6 is 0 Å². The number of carbonyl (C=O) groups excluding carboxylic acids is 2. The highest BCUT2D eigenvalue weighted by Gasteiger charge is 2.31. The standard InChI is InChI=1S/C20H29N3O4S/c1-15-3-7-18(8-4-15)28(26,27)23-13-11-22(12-14-23)20(25)10-9-19(24)21-16(2)17-5-6-17/h3-4,7-8,16-17H,5-6,9-14H2,1-2H3,(H,21,24)/t16-/m1/s1. The molecule has 28 heavy (non-hydrogen) atoms. The monoisotopic (exact) mass is 407 g/mol. The van der Waals surface area contributed by atoms with Gasteiger partial charge in [0.15, 0.2) is 0 Å². The topological polar surface area (TPSA) is 86.8 Å². The number of sulfonamides is 1. The van der Waals surface area contributed by atoms with Gasteiger partial charge in [0.1, 0.15) is 0 Å². The Morgan fingerprint density at radius 1 is 1.07 bits per heavy atom. The molecule has 7 nitrogen and oxygen atoms in total. The van der Waals surface area contributed by atoms with Crippen LogP contribution in [0.3, 0.4) is 0 Å². The normalized spacial score (nSPS) is 19.3. The van der Waals surface area contributed by atoms with Crippen molar-refractivity contribution in [3.8, 4) is 0 Å². The van der Waals surface area contributed by atoms with Gasteiger partial charge in [0, 0.05) is 45.1 Å². The van der Waals surface area contributed by atoms with Crippen molar-refractivity contribution in [1.82, 2.24) is 14.5 Å². The van der Waals surface area contributed by atoms with Crippen molar-refractivity contribution in [2.45, 2.75) is 50.5 Å². The Bertz CT molecular complexity index is 810. The van der Waals surface area contributed by atoms with Crippen LogP contribution in [0.2, 0.25) is 0 Å². The molecule has 0 aromatic heterocycles. The number of amides is 2. The van der Waals surface area contributed by atoms with E-state index >= 15 is 0 Å². The fourth-order valence-electron chi connectivity index (χ4n) is 3.46. The average Bonchev–Trinajstić information content (AvgIpc) is 3.52. The minimum Gasteiger partial charge on any atom is -0.353 e. The van der Waals surface area contributed by atoms with Crippen LogP contribution in [0.5, 0.6) is 0 Å². The van der Waals surface area contributed by atoms with E-state index in [1.807, 2.05) is 13.8 Å². The van der Waals surface area contributed by atoms with E-state index in [0.717, 1.165) is 18.4 Å². The highest BCUT2D eigenvalue weighted by molar-refractivity contribution is 7.89. The lowest BCUT2D eigenvalue weighted by Crippen LogP contribution is -2.50. The summed E-state index contributed by atoms with van der Waals surface area (Å²) in [6.07, 6.45) is 2.66. The third-order valence-electron chi connectivity index (χ3n) is 5.53. The van der Waals surface area contributed by atoms with Gasteiger partial charge in [0.2, 0.25) is 21.8 Å². The first kappa shape index (κ1) is 20.8. The van der Waals surface area contributed by atoms with Gasteiger partial charge in [-0.3, -0.25) is 9.59 Å². The molecule has 2 fully saturated rings. The molecular formula is C20H29N3O4S. The Balaban J connectivity index is 1.45. The van der Waals surface area contributed by atoms with E-state index in [4.69, 9.17) is 0 Å². The summed E-state index contributed by atoms with van der Waals surface area (Å²) in [6.45, 7) is 5.16. The highest BCUT2D eigenvalue weighted by Crippen LogP contribution is 2.32. The number of aryl methyl sites for hydroxylation is 1. The minimum absolute atomic E-state index is 0.0895. The maximum absolute atomic E-state index is 12.7. The van der Waals surface area contributed by atoms with Crippen LogP contribution in [0, 0.1) is 12.8 Å². The molecule has 1 aliphatic heterocycles. The summed E-state index contributed by atoms with van der Waals surface area (Å²) in [5.41, 5.74) is 1.00. The van der Waals surface area contributed by atoms with Gasteiger partial charge in [-0.05, 0) is 44.7 Å². The van der Waals surface area contributed by atoms with Gasteiger partial charge in [-0.15, -0.1) is 0 Å². The molecule has 2 aliphatic rings. The van der Waals surface area contributed by atoms with E-state index in [1.54, 1.807) is 29.2 Å². The molecule has 0 radical (unpaired) electrons. The average molecular weight is 408 g/mol. The number of piperazine rings is 1. The molecule has 1 atom stereocenters. The van der Waals surface area contributed by atoms with Crippen LogP contribution in [-0.2, 0) is 19.6 Å². The summed E-state index contributed by atoms with van der Waals surface area (Å²) >= 11 is 0. The molecule has 1 N–H and O–H groups in total. The summed E-state index contributed by atoms with van der Waals surface area (Å²) in [7, 11) is -3.54. The van der Waals surface area contributed by atoms with Crippen molar-refractivity contribution in [1.29, 1.82) is 0 Å². The number of benzene rings is 1. The summed E-state index contributed by atoms with van der Waals surface area (Å²) < 4.78 is 26.9. The second-order valence-corrected chi connectivity index (χ2v) is 9.73. The summed E-state index contributed by atoms with van der Waals surface area (Å²) in [5.74, 6) is 0.401. The molecule has 2 amide bonds. The number of nitrogens with one attached hydrogen (secondary N) is 1. The van der Waals surface area contributed by atoms with Crippen LogP contribution < -0.4 is 5.32 Å². The second kappa shape index (κ2) is 8.61. The molecule has 1 saturated heterocycles. The van der Waals surface area contributed by atoms with Crippen LogP contribution in [0.4, 0.5) is 0 Å². The van der Waals surface area contributed by atoms with E-state index in [-0.39, 0.29) is 48.7 Å². The smallest absolute Gasteiger partial charge is 0.243 e. The number of nitrogens with zero attached hydrogens (tertiary/aromatic N) is 2. The summed E-state index contributed by atoms with van der Waals surface area (Å²) in [6, 6.07) is 6.97. The molecule has 1 aliphatic carbocycles. The van der Waals surface area contributed by atoms with Gasteiger partial charge < -0.3 is 10.2 Å².